The van der Waals surface area contributed by atoms with E-state index in [0.29, 0.717) is 11.8 Å². The first kappa shape index (κ1) is 13.2. The number of hydrogen-bond donors (Lipinski definition) is 1. The SMILES string of the molecule is OC(CCC1CCCCC1)C1CC1c1ccccc1. The fourth-order valence-corrected chi connectivity index (χ4v) is 3.82. The van der Waals surface area contributed by atoms with Crippen LogP contribution in [0.4, 0.5) is 0 Å². The molecule has 1 aromatic rings. The van der Waals surface area contributed by atoms with Crippen LogP contribution in [0.5, 0.6) is 0 Å². The molecule has 2 saturated carbocycles. The largest absolute Gasteiger partial charge is 0.393 e. The molecule has 0 spiro atoms. The van der Waals surface area contributed by atoms with E-state index in [4.69, 9.17) is 0 Å². The molecule has 0 aliphatic heterocycles. The molecule has 1 nitrogen and oxygen atoms in total. The van der Waals surface area contributed by atoms with Crippen LogP contribution in [-0.2, 0) is 0 Å². The van der Waals surface area contributed by atoms with Crippen LogP contribution in [0.1, 0.15) is 62.8 Å². The number of hydrogen-bond acceptors (Lipinski definition) is 1. The van der Waals surface area contributed by atoms with Gasteiger partial charge in [-0.25, -0.2) is 0 Å². The van der Waals surface area contributed by atoms with Gasteiger partial charge in [0.25, 0.3) is 0 Å². The van der Waals surface area contributed by atoms with Gasteiger partial charge in [-0.1, -0.05) is 62.4 Å². The summed E-state index contributed by atoms with van der Waals surface area (Å²) in [6.45, 7) is 0. The zero-order valence-electron chi connectivity index (χ0n) is 11.8. The van der Waals surface area contributed by atoms with E-state index < -0.39 is 0 Å². The summed E-state index contributed by atoms with van der Waals surface area (Å²) in [7, 11) is 0. The third-order valence-electron chi connectivity index (χ3n) is 5.16. The van der Waals surface area contributed by atoms with Crippen LogP contribution in [0, 0.1) is 11.8 Å². The molecule has 2 aliphatic carbocycles. The standard InChI is InChI=1S/C18H26O/c19-18(12-11-14-7-3-1-4-8-14)17-13-16(17)15-9-5-2-6-10-15/h2,5-6,9-10,14,16-19H,1,3-4,7-8,11-13H2. The molecule has 1 N–H and O–H groups in total. The van der Waals surface area contributed by atoms with Crippen molar-refractivity contribution < 1.29 is 5.11 Å². The average molecular weight is 258 g/mol. The Morgan fingerprint density at radius 2 is 1.79 bits per heavy atom. The third-order valence-corrected chi connectivity index (χ3v) is 5.16. The second kappa shape index (κ2) is 6.09. The number of aliphatic hydroxyl groups is 1. The Labute approximate surface area is 117 Å². The molecule has 0 bridgehead atoms. The molecule has 3 atom stereocenters. The lowest BCUT2D eigenvalue weighted by molar-refractivity contribution is 0.126. The van der Waals surface area contributed by atoms with Gasteiger partial charge < -0.3 is 5.11 Å². The first-order chi connectivity index (χ1) is 9.34. The van der Waals surface area contributed by atoms with Crippen LogP contribution < -0.4 is 0 Å². The molecule has 0 amide bonds. The van der Waals surface area contributed by atoms with E-state index in [1.54, 1.807) is 0 Å². The van der Waals surface area contributed by atoms with Gasteiger partial charge in [-0.05, 0) is 42.6 Å². The third kappa shape index (κ3) is 3.39. The minimum Gasteiger partial charge on any atom is -0.393 e. The quantitative estimate of drug-likeness (QED) is 0.823. The van der Waals surface area contributed by atoms with E-state index in [2.05, 4.69) is 30.3 Å². The van der Waals surface area contributed by atoms with Gasteiger partial charge in [0, 0.05) is 0 Å². The second-order valence-electron chi connectivity index (χ2n) is 6.57. The molecule has 2 fully saturated rings. The lowest BCUT2D eigenvalue weighted by Gasteiger charge is -2.22. The lowest BCUT2D eigenvalue weighted by Crippen LogP contribution is -2.14. The van der Waals surface area contributed by atoms with Gasteiger partial charge in [-0.3, -0.25) is 0 Å². The maximum atomic E-state index is 10.4. The van der Waals surface area contributed by atoms with E-state index in [9.17, 15) is 5.11 Å². The summed E-state index contributed by atoms with van der Waals surface area (Å²) in [5.41, 5.74) is 1.42. The monoisotopic (exact) mass is 258 g/mol. The molecule has 1 aromatic carbocycles. The van der Waals surface area contributed by atoms with Crippen molar-refractivity contribution in [1.82, 2.24) is 0 Å². The molecular weight excluding hydrogens is 232 g/mol. The molecule has 2 aliphatic rings. The smallest absolute Gasteiger partial charge is 0.0574 e. The summed E-state index contributed by atoms with van der Waals surface area (Å²) in [5, 5.41) is 10.4. The molecular formula is C18H26O. The minimum atomic E-state index is -0.0628. The normalized spacial score (nSPS) is 29.1. The molecule has 0 radical (unpaired) electrons. The van der Waals surface area contributed by atoms with E-state index in [1.807, 2.05) is 0 Å². The van der Waals surface area contributed by atoms with Gasteiger partial charge in [0.05, 0.1) is 6.10 Å². The van der Waals surface area contributed by atoms with Crippen LogP contribution in [0.3, 0.4) is 0 Å². The zero-order chi connectivity index (χ0) is 13.1. The van der Waals surface area contributed by atoms with Crippen molar-refractivity contribution in [3.63, 3.8) is 0 Å². The molecule has 104 valence electrons. The number of rotatable bonds is 5. The first-order valence-electron chi connectivity index (χ1n) is 8.07. The van der Waals surface area contributed by atoms with Crippen LogP contribution >= 0.6 is 0 Å². The van der Waals surface area contributed by atoms with E-state index in [1.165, 1.54) is 50.5 Å². The van der Waals surface area contributed by atoms with Crippen LogP contribution in [0.2, 0.25) is 0 Å². The van der Waals surface area contributed by atoms with Crippen LogP contribution in [0.25, 0.3) is 0 Å². The van der Waals surface area contributed by atoms with Crippen LogP contribution in [0.15, 0.2) is 30.3 Å². The summed E-state index contributed by atoms with van der Waals surface area (Å²) < 4.78 is 0. The van der Waals surface area contributed by atoms with Crippen molar-refractivity contribution in [2.45, 2.75) is 63.4 Å². The Hall–Kier alpha value is -0.820. The highest BCUT2D eigenvalue weighted by atomic mass is 16.3. The van der Waals surface area contributed by atoms with E-state index in [-0.39, 0.29) is 6.10 Å². The number of benzene rings is 1. The Bertz CT molecular complexity index is 380. The molecule has 0 heterocycles. The summed E-state index contributed by atoms with van der Waals surface area (Å²) in [4.78, 5) is 0. The Balaban J connectivity index is 1.43. The van der Waals surface area contributed by atoms with Gasteiger partial charge in [-0.15, -0.1) is 0 Å². The van der Waals surface area contributed by atoms with Gasteiger partial charge in [0.15, 0.2) is 0 Å². The predicted molar refractivity (Wildman–Crippen MR) is 79.1 cm³/mol. The molecule has 0 saturated heterocycles. The minimum absolute atomic E-state index is 0.0628. The van der Waals surface area contributed by atoms with Crippen molar-refractivity contribution in [2.75, 3.05) is 0 Å². The molecule has 3 rings (SSSR count). The van der Waals surface area contributed by atoms with E-state index >= 15 is 0 Å². The van der Waals surface area contributed by atoms with Gasteiger partial charge >= 0.3 is 0 Å². The van der Waals surface area contributed by atoms with E-state index in [0.717, 1.165) is 12.3 Å². The summed E-state index contributed by atoms with van der Waals surface area (Å²) in [5.74, 6) is 2.06. The Morgan fingerprint density at radius 3 is 2.53 bits per heavy atom. The highest BCUT2D eigenvalue weighted by molar-refractivity contribution is 5.26. The fraction of sp³-hybridized carbons (Fsp3) is 0.667. The topological polar surface area (TPSA) is 20.2 Å². The summed E-state index contributed by atoms with van der Waals surface area (Å²) >= 11 is 0. The molecule has 0 aromatic heterocycles. The first-order valence-corrected chi connectivity index (χ1v) is 8.07. The van der Waals surface area contributed by atoms with Gasteiger partial charge in [0.1, 0.15) is 0 Å². The lowest BCUT2D eigenvalue weighted by atomic mass is 9.85. The zero-order valence-corrected chi connectivity index (χ0v) is 11.8. The van der Waals surface area contributed by atoms with Crippen molar-refractivity contribution in [1.29, 1.82) is 0 Å². The van der Waals surface area contributed by atoms with Gasteiger partial charge in [0.2, 0.25) is 0 Å². The molecule has 19 heavy (non-hydrogen) atoms. The highest BCUT2D eigenvalue weighted by Gasteiger charge is 2.42. The van der Waals surface area contributed by atoms with Crippen LogP contribution in [-0.4, -0.2) is 11.2 Å². The molecule has 1 heteroatoms. The predicted octanol–water partition coefficient (Wildman–Crippen LogP) is 4.51. The summed E-state index contributed by atoms with van der Waals surface area (Å²) in [6, 6.07) is 10.7. The maximum Gasteiger partial charge on any atom is 0.0574 e. The van der Waals surface area contributed by atoms with Crippen molar-refractivity contribution >= 4 is 0 Å². The number of aliphatic hydroxyl groups excluding tert-OH is 1. The fourth-order valence-electron chi connectivity index (χ4n) is 3.82. The highest BCUT2D eigenvalue weighted by Crippen LogP contribution is 2.50. The van der Waals surface area contributed by atoms with Crippen molar-refractivity contribution in [3.05, 3.63) is 35.9 Å². The summed E-state index contributed by atoms with van der Waals surface area (Å²) in [6.07, 6.45) is 10.5. The Morgan fingerprint density at radius 1 is 1.05 bits per heavy atom. The van der Waals surface area contributed by atoms with Gasteiger partial charge in [-0.2, -0.15) is 0 Å². The average Bonchev–Trinajstić information content (AvgIpc) is 3.27. The van der Waals surface area contributed by atoms with Crippen molar-refractivity contribution in [3.8, 4) is 0 Å². The maximum absolute atomic E-state index is 10.4. The molecule has 3 unspecified atom stereocenters. The van der Waals surface area contributed by atoms with Crippen molar-refractivity contribution in [2.24, 2.45) is 11.8 Å². The second-order valence-corrected chi connectivity index (χ2v) is 6.57. The Kier molecular flexibility index (Phi) is 4.22.